The lowest BCUT2D eigenvalue weighted by atomic mass is 10.00. The lowest BCUT2D eigenvalue weighted by Crippen LogP contribution is -2.17. The zero-order valence-corrected chi connectivity index (χ0v) is 10.9. The second-order valence-corrected chi connectivity index (χ2v) is 4.95. The lowest BCUT2D eigenvalue weighted by molar-refractivity contribution is 0.581. The molecule has 1 atom stereocenters. The average Bonchev–Trinajstić information content (AvgIpc) is 2.24. The smallest absolute Gasteiger partial charge is 0.0325 e. The van der Waals surface area contributed by atoms with Gasteiger partial charge in [-0.3, -0.25) is 0 Å². The van der Waals surface area contributed by atoms with Crippen LogP contribution in [0, 0.1) is 13.8 Å². The largest absolute Gasteiger partial charge is 0.313 e. The van der Waals surface area contributed by atoms with Gasteiger partial charge in [-0.2, -0.15) is 11.8 Å². The van der Waals surface area contributed by atoms with E-state index in [-0.39, 0.29) is 0 Å². The Morgan fingerprint density at radius 1 is 1.27 bits per heavy atom. The van der Waals surface area contributed by atoms with Crippen molar-refractivity contribution in [2.45, 2.75) is 26.3 Å². The third-order valence-corrected chi connectivity index (χ3v) is 3.54. The molecule has 1 unspecified atom stereocenters. The highest BCUT2D eigenvalue weighted by Gasteiger charge is 2.08. The molecular weight excluding hydrogens is 202 g/mol. The Bertz CT molecular complexity index is 309. The number of benzene rings is 1. The summed E-state index contributed by atoms with van der Waals surface area (Å²) in [7, 11) is 2.04. The zero-order valence-electron chi connectivity index (χ0n) is 10.1. The zero-order chi connectivity index (χ0) is 11.3. The minimum atomic E-state index is 0.497. The van der Waals surface area contributed by atoms with Gasteiger partial charge in [0.2, 0.25) is 0 Å². The SMILES string of the molecule is CNC(CCSC)c1ccc(C)c(C)c1. The summed E-state index contributed by atoms with van der Waals surface area (Å²) >= 11 is 1.91. The van der Waals surface area contributed by atoms with Crippen LogP contribution >= 0.6 is 11.8 Å². The van der Waals surface area contributed by atoms with E-state index in [1.807, 2.05) is 18.8 Å². The van der Waals surface area contributed by atoms with E-state index in [2.05, 4.69) is 43.6 Å². The second kappa shape index (κ2) is 6.19. The maximum absolute atomic E-state index is 3.39. The van der Waals surface area contributed by atoms with Gasteiger partial charge in [0, 0.05) is 6.04 Å². The van der Waals surface area contributed by atoms with Gasteiger partial charge in [-0.05, 0) is 56.0 Å². The summed E-state index contributed by atoms with van der Waals surface area (Å²) in [6.45, 7) is 4.34. The Morgan fingerprint density at radius 2 is 2.00 bits per heavy atom. The van der Waals surface area contributed by atoms with Gasteiger partial charge in [0.1, 0.15) is 0 Å². The summed E-state index contributed by atoms with van der Waals surface area (Å²) in [6, 6.07) is 7.26. The molecule has 0 saturated heterocycles. The summed E-state index contributed by atoms with van der Waals surface area (Å²) in [5.41, 5.74) is 4.17. The van der Waals surface area contributed by atoms with Gasteiger partial charge in [-0.25, -0.2) is 0 Å². The maximum atomic E-state index is 3.39. The van der Waals surface area contributed by atoms with Crippen molar-refractivity contribution >= 4 is 11.8 Å². The fourth-order valence-corrected chi connectivity index (χ4v) is 2.17. The van der Waals surface area contributed by atoms with E-state index in [0.29, 0.717) is 6.04 Å². The van der Waals surface area contributed by atoms with Gasteiger partial charge >= 0.3 is 0 Å². The van der Waals surface area contributed by atoms with E-state index in [9.17, 15) is 0 Å². The molecule has 0 saturated carbocycles. The Balaban J connectivity index is 2.78. The molecule has 1 N–H and O–H groups in total. The van der Waals surface area contributed by atoms with Crippen LogP contribution in [0.1, 0.15) is 29.2 Å². The number of hydrogen-bond acceptors (Lipinski definition) is 2. The topological polar surface area (TPSA) is 12.0 Å². The van der Waals surface area contributed by atoms with Crippen LogP contribution in [-0.4, -0.2) is 19.1 Å². The quantitative estimate of drug-likeness (QED) is 0.822. The van der Waals surface area contributed by atoms with Gasteiger partial charge in [0.15, 0.2) is 0 Å². The molecule has 15 heavy (non-hydrogen) atoms. The molecule has 0 aliphatic carbocycles. The Labute approximate surface area is 97.7 Å². The normalized spacial score (nSPS) is 12.8. The second-order valence-electron chi connectivity index (χ2n) is 3.97. The van der Waals surface area contributed by atoms with Crippen LogP contribution < -0.4 is 5.32 Å². The van der Waals surface area contributed by atoms with Crippen LogP contribution in [0.4, 0.5) is 0 Å². The molecule has 0 aromatic heterocycles. The lowest BCUT2D eigenvalue weighted by Gasteiger charge is -2.17. The third kappa shape index (κ3) is 3.54. The minimum absolute atomic E-state index is 0.497. The molecule has 0 heterocycles. The van der Waals surface area contributed by atoms with E-state index in [1.165, 1.54) is 28.9 Å². The fourth-order valence-electron chi connectivity index (χ4n) is 1.69. The van der Waals surface area contributed by atoms with E-state index < -0.39 is 0 Å². The fraction of sp³-hybridized carbons (Fsp3) is 0.538. The molecule has 1 rings (SSSR count). The third-order valence-electron chi connectivity index (χ3n) is 2.89. The van der Waals surface area contributed by atoms with E-state index in [4.69, 9.17) is 0 Å². The van der Waals surface area contributed by atoms with Gasteiger partial charge in [0.25, 0.3) is 0 Å². The molecule has 0 bridgehead atoms. The molecule has 0 aliphatic heterocycles. The van der Waals surface area contributed by atoms with Crippen molar-refractivity contribution in [1.82, 2.24) is 5.32 Å². The van der Waals surface area contributed by atoms with Crippen molar-refractivity contribution in [3.05, 3.63) is 34.9 Å². The van der Waals surface area contributed by atoms with Crippen LogP contribution in [0.3, 0.4) is 0 Å². The first-order chi connectivity index (χ1) is 7.19. The summed E-state index contributed by atoms with van der Waals surface area (Å²) in [5.74, 6) is 1.21. The van der Waals surface area contributed by atoms with Crippen molar-refractivity contribution in [3.8, 4) is 0 Å². The number of aryl methyl sites for hydroxylation is 2. The predicted molar refractivity (Wildman–Crippen MR) is 70.7 cm³/mol. The van der Waals surface area contributed by atoms with E-state index in [1.54, 1.807) is 0 Å². The van der Waals surface area contributed by atoms with Gasteiger partial charge in [-0.15, -0.1) is 0 Å². The van der Waals surface area contributed by atoms with Crippen molar-refractivity contribution in [2.75, 3.05) is 19.1 Å². The Morgan fingerprint density at radius 3 is 2.53 bits per heavy atom. The van der Waals surface area contributed by atoms with Crippen LogP contribution in [0.25, 0.3) is 0 Å². The van der Waals surface area contributed by atoms with Crippen molar-refractivity contribution < 1.29 is 0 Å². The Hall–Kier alpha value is -0.470. The summed E-state index contributed by atoms with van der Waals surface area (Å²) < 4.78 is 0. The number of hydrogen-bond donors (Lipinski definition) is 1. The standard InChI is InChI=1S/C13H21NS/c1-10-5-6-12(9-11(10)2)13(14-3)7-8-15-4/h5-6,9,13-14H,7-8H2,1-4H3. The van der Waals surface area contributed by atoms with Crippen LogP contribution in [0.15, 0.2) is 18.2 Å². The predicted octanol–water partition coefficient (Wildman–Crippen LogP) is 3.32. The molecule has 0 spiro atoms. The number of thioether (sulfide) groups is 1. The van der Waals surface area contributed by atoms with E-state index in [0.717, 1.165) is 0 Å². The molecule has 1 aromatic carbocycles. The monoisotopic (exact) mass is 223 g/mol. The van der Waals surface area contributed by atoms with Crippen molar-refractivity contribution in [1.29, 1.82) is 0 Å². The van der Waals surface area contributed by atoms with Crippen LogP contribution in [0.2, 0.25) is 0 Å². The molecule has 2 heteroatoms. The van der Waals surface area contributed by atoms with Gasteiger partial charge < -0.3 is 5.32 Å². The summed E-state index contributed by atoms with van der Waals surface area (Å²) in [4.78, 5) is 0. The number of nitrogens with one attached hydrogen (secondary N) is 1. The summed E-state index contributed by atoms with van der Waals surface area (Å²) in [6.07, 6.45) is 3.35. The molecule has 84 valence electrons. The molecule has 1 nitrogen and oxygen atoms in total. The molecule has 0 fully saturated rings. The molecule has 0 radical (unpaired) electrons. The van der Waals surface area contributed by atoms with Crippen LogP contribution in [0.5, 0.6) is 0 Å². The first kappa shape index (κ1) is 12.6. The highest BCUT2D eigenvalue weighted by molar-refractivity contribution is 7.98. The first-order valence-electron chi connectivity index (χ1n) is 5.42. The summed E-state index contributed by atoms with van der Waals surface area (Å²) in [5, 5.41) is 3.39. The first-order valence-corrected chi connectivity index (χ1v) is 6.81. The van der Waals surface area contributed by atoms with E-state index >= 15 is 0 Å². The molecule has 0 aliphatic rings. The number of rotatable bonds is 5. The van der Waals surface area contributed by atoms with Crippen molar-refractivity contribution in [2.24, 2.45) is 0 Å². The maximum Gasteiger partial charge on any atom is 0.0325 e. The van der Waals surface area contributed by atoms with Gasteiger partial charge in [0.05, 0.1) is 0 Å². The molecule has 0 amide bonds. The highest BCUT2D eigenvalue weighted by Crippen LogP contribution is 2.20. The van der Waals surface area contributed by atoms with Crippen LogP contribution in [-0.2, 0) is 0 Å². The average molecular weight is 223 g/mol. The van der Waals surface area contributed by atoms with Gasteiger partial charge in [-0.1, -0.05) is 18.2 Å². The molecular formula is C13H21NS. The minimum Gasteiger partial charge on any atom is -0.313 e. The molecule has 1 aromatic rings. The highest BCUT2D eigenvalue weighted by atomic mass is 32.2. The Kier molecular flexibility index (Phi) is 5.20. The van der Waals surface area contributed by atoms with Crippen molar-refractivity contribution in [3.63, 3.8) is 0 Å².